The lowest BCUT2D eigenvalue weighted by molar-refractivity contribution is 1.03. The Morgan fingerprint density at radius 1 is 0.333 bits per heavy atom. The van der Waals surface area contributed by atoms with E-state index in [4.69, 9.17) is 0 Å². The molecule has 0 aliphatic carbocycles. The van der Waals surface area contributed by atoms with E-state index in [1.807, 2.05) is 37.0 Å². The smallest absolute Gasteiger partial charge is 0.0640 e. The topological polar surface area (TPSA) is 49.4 Å². The zero-order valence-electron chi connectivity index (χ0n) is 20.2. The Kier molecular flexibility index (Phi) is 7.64. The fourth-order valence-electron chi connectivity index (χ4n) is 4.12. The number of nitrogens with zero attached hydrogens (tertiary/aromatic N) is 4. The van der Waals surface area contributed by atoms with Gasteiger partial charge in [-0.1, -0.05) is 84.9 Å². The van der Waals surface area contributed by atoms with Crippen molar-refractivity contribution in [2.75, 3.05) is 0 Å². The molecule has 0 unspecified atom stereocenters. The van der Waals surface area contributed by atoms with Crippen molar-refractivity contribution in [3.63, 3.8) is 0 Å². The van der Waals surface area contributed by atoms with E-state index in [1.165, 1.54) is 22.3 Å². The van der Waals surface area contributed by atoms with Crippen LogP contribution in [-0.2, 0) is 26.2 Å². The molecule has 8 bridgehead atoms. The van der Waals surface area contributed by atoms with Crippen LogP contribution in [0.5, 0.6) is 0 Å². The van der Waals surface area contributed by atoms with Crippen LogP contribution >= 0.6 is 0 Å². The molecule has 0 saturated heterocycles. The Bertz CT molecular complexity index is 1240. The van der Waals surface area contributed by atoms with E-state index in [0.29, 0.717) is 26.2 Å². The van der Waals surface area contributed by atoms with Gasteiger partial charge in [0.05, 0.1) is 26.2 Å². The molecule has 0 aromatic heterocycles. The maximum absolute atomic E-state index is 4.66. The van der Waals surface area contributed by atoms with Crippen LogP contribution in [0.25, 0.3) is 0 Å². The van der Waals surface area contributed by atoms with Gasteiger partial charge in [0.15, 0.2) is 0 Å². The Morgan fingerprint density at radius 2 is 0.611 bits per heavy atom. The van der Waals surface area contributed by atoms with E-state index in [0.717, 1.165) is 22.3 Å². The maximum Gasteiger partial charge on any atom is 0.0640 e. The molecule has 4 aromatic rings. The molecule has 0 N–H and O–H groups in total. The fraction of sp³-hybridized carbons (Fsp3) is 0.125. The molecule has 5 rings (SSSR count). The number of aliphatic imine (C=N–C) groups is 4. The van der Waals surface area contributed by atoms with Gasteiger partial charge in [-0.2, -0.15) is 0 Å². The summed E-state index contributed by atoms with van der Waals surface area (Å²) in [5, 5.41) is 0. The lowest BCUT2D eigenvalue weighted by Gasteiger charge is -2.03. The van der Waals surface area contributed by atoms with Crippen LogP contribution in [0.15, 0.2) is 117 Å². The largest absolute Gasteiger partial charge is 0.288 e. The first-order valence-electron chi connectivity index (χ1n) is 12.2. The number of benzene rings is 4. The van der Waals surface area contributed by atoms with Crippen molar-refractivity contribution < 1.29 is 0 Å². The van der Waals surface area contributed by atoms with Crippen LogP contribution in [0.2, 0.25) is 0 Å². The van der Waals surface area contributed by atoms with E-state index in [-0.39, 0.29) is 0 Å². The average molecular weight is 469 g/mol. The predicted octanol–water partition coefficient (Wildman–Crippen LogP) is 6.48. The first-order valence-corrected chi connectivity index (χ1v) is 12.2. The minimum absolute atomic E-state index is 0.633. The third-order valence-corrected chi connectivity index (χ3v) is 5.86. The molecule has 0 atom stereocenters. The number of hydrogen-bond acceptors (Lipinski definition) is 4. The van der Waals surface area contributed by atoms with Crippen molar-refractivity contribution >= 4 is 24.9 Å². The minimum atomic E-state index is 0.633. The molecule has 36 heavy (non-hydrogen) atoms. The van der Waals surface area contributed by atoms with Crippen molar-refractivity contribution in [1.29, 1.82) is 0 Å². The minimum Gasteiger partial charge on any atom is -0.288 e. The highest BCUT2D eigenvalue weighted by Crippen LogP contribution is 2.11. The van der Waals surface area contributed by atoms with Gasteiger partial charge < -0.3 is 0 Å². The molecule has 0 fully saturated rings. The monoisotopic (exact) mass is 468 g/mol. The number of hydrogen-bond donors (Lipinski definition) is 0. The second-order valence-corrected chi connectivity index (χ2v) is 8.86. The van der Waals surface area contributed by atoms with Gasteiger partial charge in [0.1, 0.15) is 0 Å². The van der Waals surface area contributed by atoms with Crippen LogP contribution in [0.1, 0.15) is 44.5 Å². The number of fused-ring (bicyclic) bond motifs is 8. The molecule has 0 radical (unpaired) electrons. The predicted molar refractivity (Wildman–Crippen MR) is 151 cm³/mol. The van der Waals surface area contributed by atoms with E-state index >= 15 is 0 Å². The Hall–Kier alpha value is -4.44. The summed E-state index contributed by atoms with van der Waals surface area (Å²) >= 11 is 0. The highest BCUT2D eigenvalue weighted by molar-refractivity contribution is 5.87. The van der Waals surface area contributed by atoms with Crippen molar-refractivity contribution in [3.05, 3.63) is 142 Å². The van der Waals surface area contributed by atoms with Crippen molar-refractivity contribution in [3.8, 4) is 0 Å². The molecule has 0 saturated carbocycles. The zero-order valence-corrected chi connectivity index (χ0v) is 20.2. The first-order chi connectivity index (χ1) is 17.8. The van der Waals surface area contributed by atoms with Gasteiger partial charge in [0.25, 0.3) is 0 Å². The SMILES string of the molecule is C1=NCc2cccc(c2)CN=Cc2cccc(c2)C=NCc2cccc(c2)CN=Cc2cccc1c2. The average Bonchev–Trinajstić information content (AvgIpc) is 2.90. The molecule has 4 heteroatoms. The standard InChI is InChI=1S/C32H28N4/c1-5-25-13-26(6-1)18-34-20-28-8-3-10-30(15-28)22-36-24-32-12-4-11-31(16-32)23-35-21-29-9-2-7-27(14-29)19-33-17-25/h1-18,23-24H,19-22H2. The summed E-state index contributed by atoms with van der Waals surface area (Å²) in [6.07, 6.45) is 7.71. The Labute approximate surface area is 212 Å². The summed E-state index contributed by atoms with van der Waals surface area (Å²) in [6.45, 7) is 2.53. The zero-order chi connectivity index (χ0) is 24.4. The summed E-state index contributed by atoms with van der Waals surface area (Å²) in [6, 6.07) is 33.5. The van der Waals surface area contributed by atoms with Gasteiger partial charge in [-0.25, -0.2) is 0 Å². The highest BCUT2D eigenvalue weighted by Gasteiger charge is 1.98. The van der Waals surface area contributed by atoms with Gasteiger partial charge in [0.2, 0.25) is 0 Å². The lowest BCUT2D eigenvalue weighted by atomic mass is 10.1. The first kappa shape index (κ1) is 23.3. The maximum atomic E-state index is 4.66. The quantitative estimate of drug-likeness (QED) is 0.284. The molecule has 4 aromatic carbocycles. The second-order valence-electron chi connectivity index (χ2n) is 8.86. The van der Waals surface area contributed by atoms with E-state index < -0.39 is 0 Å². The van der Waals surface area contributed by atoms with Crippen molar-refractivity contribution in [2.45, 2.75) is 26.2 Å². The molecule has 4 nitrogen and oxygen atoms in total. The Morgan fingerprint density at radius 3 is 0.917 bits per heavy atom. The fourth-order valence-corrected chi connectivity index (χ4v) is 4.12. The van der Waals surface area contributed by atoms with E-state index in [9.17, 15) is 0 Å². The summed E-state index contributed by atoms with van der Waals surface area (Å²) in [4.78, 5) is 18.7. The number of rotatable bonds is 0. The normalized spacial score (nSPS) is 13.8. The van der Waals surface area contributed by atoms with Gasteiger partial charge in [-0.3, -0.25) is 20.0 Å². The van der Waals surface area contributed by atoms with Crippen LogP contribution in [0, 0.1) is 0 Å². The summed E-state index contributed by atoms with van der Waals surface area (Å²) in [5.41, 5.74) is 8.95. The van der Waals surface area contributed by atoms with Crippen LogP contribution < -0.4 is 0 Å². The second kappa shape index (κ2) is 11.8. The molecular formula is C32H28N4. The van der Waals surface area contributed by atoms with Crippen molar-refractivity contribution in [2.24, 2.45) is 20.0 Å². The van der Waals surface area contributed by atoms with Crippen LogP contribution in [-0.4, -0.2) is 24.9 Å². The van der Waals surface area contributed by atoms with E-state index in [2.05, 4.69) is 105 Å². The summed E-state index contributed by atoms with van der Waals surface area (Å²) in [7, 11) is 0. The molecule has 176 valence electrons. The van der Waals surface area contributed by atoms with Crippen LogP contribution in [0.3, 0.4) is 0 Å². The molecule has 1 heterocycles. The van der Waals surface area contributed by atoms with Gasteiger partial charge >= 0.3 is 0 Å². The molecule has 0 amide bonds. The molecule has 0 spiro atoms. The van der Waals surface area contributed by atoms with Crippen LogP contribution in [0.4, 0.5) is 0 Å². The highest BCUT2D eigenvalue weighted by atomic mass is 14.7. The summed E-state index contributed by atoms with van der Waals surface area (Å²) < 4.78 is 0. The van der Waals surface area contributed by atoms with Gasteiger partial charge in [0, 0.05) is 24.9 Å². The molecule has 1 aliphatic heterocycles. The van der Waals surface area contributed by atoms with Gasteiger partial charge in [-0.05, 0) is 56.6 Å². The molecular weight excluding hydrogens is 440 g/mol. The third-order valence-electron chi connectivity index (χ3n) is 5.86. The molecule has 1 aliphatic rings. The van der Waals surface area contributed by atoms with Gasteiger partial charge in [-0.15, -0.1) is 0 Å². The van der Waals surface area contributed by atoms with E-state index in [1.54, 1.807) is 0 Å². The third kappa shape index (κ3) is 6.80. The summed E-state index contributed by atoms with van der Waals surface area (Å²) in [5.74, 6) is 0. The lowest BCUT2D eigenvalue weighted by Crippen LogP contribution is -1.92. The Balaban J connectivity index is 1.42. The van der Waals surface area contributed by atoms with Crippen molar-refractivity contribution in [1.82, 2.24) is 0 Å².